The van der Waals surface area contributed by atoms with Crippen LogP contribution in [-0.4, -0.2) is 64.0 Å². The number of ether oxygens (including phenoxy) is 2. The zero-order valence-electron chi connectivity index (χ0n) is 26.5. The SMILES string of the molecule is CC(C)(C)OC(=O)N(COCC[Si](C)(C)C)C1=NC(C)(c2cc(C=C(F)c3ccc(C#N)cn3)ccc2F)C2CC2(C(=O)O)S1. The molecule has 1 aliphatic carbocycles. The van der Waals surface area contributed by atoms with E-state index in [9.17, 15) is 14.7 Å². The maximum Gasteiger partial charge on any atom is 0.418 e. The maximum absolute atomic E-state index is 15.6. The van der Waals surface area contributed by atoms with Crippen molar-refractivity contribution in [3.8, 4) is 6.07 Å². The summed E-state index contributed by atoms with van der Waals surface area (Å²) in [5.74, 6) is -3.07. The van der Waals surface area contributed by atoms with Crippen LogP contribution >= 0.6 is 11.8 Å². The van der Waals surface area contributed by atoms with Gasteiger partial charge in [0.1, 0.15) is 34.8 Å². The number of aromatic nitrogens is 1. The number of hydrogen-bond donors (Lipinski definition) is 1. The Morgan fingerprint density at radius 2 is 1.98 bits per heavy atom. The molecule has 9 nitrogen and oxygen atoms in total. The van der Waals surface area contributed by atoms with Gasteiger partial charge in [0.25, 0.3) is 0 Å². The molecule has 1 N–H and O–H groups in total. The predicted octanol–water partition coefficient (Wildman–Crippen LogP) is 7.27. The maximum atomic E-state index is 15.6. The zero-order valence-corrected chi connectivity index (χ0v) is 28.3. The molecule has 13 heteroatoms. The van der Waals surface area contributed by atoms with E-state index in [0.717, 1.165) is 17.8 Å². The number of benzene rings is 1. The van der Waals surface area contributed by atoms with Gasteiger partial charge in [0, 0.05) is 32.4 Å². The Kier molecular flexibility index (Phi) is 9.64. The van der Waals surface area contributed by atoms with E-state index < -0.39 is 53.6 Å². The molecule has 0 spiro atoms. The van der Waals surface area contributed by atoms with Crippen molar-refractivity contribution in [2.75, 3.05) is 13.3 Å². The van der Waals surface area contributed by atoms with Crippen molar-refractivity contribution in [2.24, 2.45) is 10.9 Å². The Labute approximate surface area is 267 Å². The molecule has 1 saturated carbocycles. The number of nitriles is 1. The van der Waals surface area contributed by atoms with Crippen molar-refractivity contribution in [3.63, 3.8) is 0 Å². The number of aliphatic imine (C=N–C) groups is 1. The molecule has 1 aromatic heterocycles. The number of amidine groups is 1. The molecule has 0 bridgehead atoms. The molecule has 3 unspecified atom stereocenters. The van der Waals surface area contributed by atoms with Crippen LogP contribution in [0.5, 0.6) is 0 Å². The Morgan fingerprint density at radius 3 is 2.56 bits per heavy atom. The molecule has 2 aromatic rings. The molecule has 240 valence electrons. The van der Waals surface area contributed by atoms with E-state index in [2.05, 4.69) is 24.6 Å². The van der Waals surface area contributed by atoms with E-state index in [0.29, 0.717) is 12.2 Å². The van der Waals surface area contributed by atoms with Gasteiger partial charge in [-0.25, -0.2) is 18.5 Å². The van der Waals surface area contributed by atoms with E-state index in [1.54, 1.807) is 27.7 Å². The number of carboxylic acids is 1. The average Bonchev–Trinajstić information content (AvgIpc) is 3.70. The van der Waals surface area contributed by atoms with Crippen LogP contribution in [0.4, 0.5) is 13.6 Å². The molecule has 0 radical (unpaired) electrons. The highest BCUT2D eigenvalue weighted by Crippen LogP contribution is 2.66. The summed E-state index contributed by atoms with van der Waals surface area (Å²) in [5, 5.41) is 19.4. The quantitative estimate of drug-likeness (QED) is 0.170. The van der Waals surface area contributed by atoms with E-state index in [1.165, 1.54) is 47.5 Å². The number of fused-ring (bicyclic) bond motifs is 1. The summed E-state index contributed by atoms with van der Waals surface area (Å²) in [5.41, 5.74) is -1.65. The van der Waals surface area contributed by atoms with Crippen molar-refractivity contribution in [2.45, 2.75) is 75.7 Å². The van der Waals surface area contributed by atoms with Crippen LogP contribution < -0.4 is 0 Å². The second-order valence-electron chi connectivity index (χ2n) is 13.6. The first-order valence-corrected chi connectivity index (χ1v) is 19.1. The molecular formula is C32H38F2N4O5SSi. The third-order valence-electron chi connectivity index (χ3n) is 7.58. The van der Waals surface area contributed by atoms with Crippen molar-refractivity contribution in [1.82, 2.24) is 9.88 Å². The fourth-order valence-electron chi connectivity index (χ4n) is 4.99. The van der Waals surface area contributed by atoms with Crippen LogP contribution in [0.3, 0.4) is 0 Å². The Morgan fingerprint density at radius 1 is 1.27 bits per heavy atom. The van der Waals surface area contributed by atoms with E-state index >= 15 is 8.78 Å². The highest BCUT2D eigenvalue weighted by atomic mass is 32.2. The fourth-order valence-corrected chi connectivity index (χ4v) is 7.26. The van der Waals surface area contributed by atoms with Crippen molar-refractivity contribution in [1.29, 1.82) is 5.26 Å². The number of hydrogen-bond acceptors (Lipinski definition) is 8. The Bertz CT molecular complexity index is 1580. The number of rotatable bonds is 9. The number of carbonyl (C=O) groups is 2. The minimum Gasteiger partial charge on any atom is -0.480 e. The molecule has 1 aliphatic heterocycles. The largest absolute Gasteiger partial charge is 0.480 e. The smallest absolute Gasteiger partial charge is 0.418 e. The molecule has 0 saturated heterocycles. The van der Waals surface area contributed by atoms with Gasteiger partial charge in [0.05, 0.1) is 16.8 Å². The highest BCUT2D eigenvalue weighted by Gasteiger charge is 2.72. The van der Waals surface area contributed by atoms with Gasteiger partial charge < -0.3 is 14.6 Å². The molecule has 4 rings (SSSR count). The molecule has 3 atom stereocenters. The highest BCUT2D eigenvalue weighted by molar-refractivity contribution is 8.15. The summed E-state index contributed by atoms with van der Waals surface area (Å²) >= 11 is 0.939. The number of amides is 1. The van der Waals surface area contributed by atoms with Gasteiger partial charge in [-0.1, -0.05) is 37.5 Å². The zero-order chi connectivity index (χ0) is 33.4. The summed E-state index contributed by atoms with van der Waals surface area (Å²) in [6.07, 6.45) is 1.84. The predicted molar refractivity (Wildman–Crippen MR) is 172 cm³/mol. The summed E-state index contributed by atoms with van der Waals surface area (Å²) in [7, 11) is -1.44. The lowest BCUT2D eigenvalue weighted by molar-refractivity contribution is -0.137. The van der Waals surface area contributed by atoms with Crippen LogP contribution in [0.2, 0.25) is 25.7 Å². The number of thioether (sulfide) groups is 1. The third-order valence-corrected chi connectivity index (χ3v) is 10.8. The number of pyridine rings is 1. The van der Waals surface area contributed by atoms with E-state index in [-0.39, 0.29) is 35.1 Å². The topological polar surface area (TPSA) is 125 Å². The molecule has 1 aromatic carbocycles. The third kappa shape index (κ3) is 7.80. The van der Waals surface area contributed by atoms with Crippen LogP contribution in [-0.2, 0) is 19.8 Å². The van der Waals surface area contributed by atoms with Crippen LogP contribution in [0.25, 0.3) is 11.9 Å². The first kappa shape index (κ1) is 34.3. The minimum absolute atomic E-state index is 0.00493. The monoisotopic (exact) mass is 656 g/mol. The second-order valence-corrected chi connectivity index (χ2v) is 20.5. The first-order valence-electron chi connectivity index (χ1n) is 14.5. The van der Waals surface area contributed by atoms with Crippen LogP contribution in [0.15, 0.2) is 41.5 Å². The van der Waals surface area contributed by atoms with Gasteiger partial charge >= 0.3 is 12.1 Å². The molecule has 2 aliphatic rings. The number of nitrogens with zero attached hydrogens (tertiary/aromatic N) is 4. The van der Waals surface area contributed by atoms with E-state index in [1.807, 2.05) is 6.07 Å². The van der Waals surface area contributed by atoms with Crippen molar-refractivity contribution < 1.29 is 33.0 Å². The van der Waals surface area contributed by atoms with Gasteiger partial charge in [-0.2, -0.15) is 5.26 Å². The van der Waals surface area contributed by atoms with Gasteiger partial charge in [-0.15, -0.1) is 0 Å². The summed E-state index contributed by atoms with van der Waals surface area (Å²) in [6, 6.07) is 9.58. The Balaban J connectivity index is 1.76. The molecule has 1 amide bonds. The lowest BCUT2D eigenvalue weighted by Gasteiger charge is -2.37. The molecule has 45 heavy (non-hydrogen) atoms. The number of carboxylic acid groups (broad SMARTS) is 1. The summed E-state index contributed by atoms with van der Waals surface area (Å²) in [4.78, 5) is 36.1. The lowest BCUT2D eigenvalue weighted by atomic mass is 9.84. The first-order chi connectivity index (χ1) is 20.9. The standard InChI is InChI=1S/C32H38F2N4O5SSi/c1-30(2,3)43-29(41)38(19-42-12-13-45(5,6)7)28-37-31(4,26-16-32(26,44-28)27(39)40)22-14-20(8-10-23(22)33)15-24(34)25-11-9-21(17-35)18-36-25/h8-11,14-15,18,26H,12-13,16,19H2,1-7H3,(H,39,40). The van der Waals surface area contributed by atoms with Gasteiger partial charge in [-0.3, -0.25) is 14.8 Å². The second kappa shape index (κ2) is 12.7. The fraction of sp³-hybridized carbons (Fsp3) is 0.469. The summed E-state index contributed by atoms with van der Waals surface area (Å²) < 4.78 is 40.9. The number of halogens is 2. The summed E-state index contributed by atoms with van der Waals surface area (Å²) in [6.45, 7) is 13.5. The molecule has 2 heterocycles. The Hall–Kier alpha value is -3.60. The molecular weight excluding hydrogens is 619 g/mol. The molecule has 1 fully saturated rings. The van der Waals surface area contributed by atoms with Crippen molar-refractivity contribution in [3.05, 3.63) is 64.7 Å². The van der Waals surface area contributed by atoms with Gasteiger partial charge in [-0.05, 0) is 76.1 Å². The van der Waals surface area contributed by atoms with Crippen LogP contribution in [0.1, 0.15) is 56.5 Å². The normalized spacial score (nSPS) is 23.0. The van der Waals surface area contributed by atoms with Gasteiger partial charge in [0.2, 0.25) is 0 Å². The number of aliphatic carboxylic acids is 1. The lowest BCUT2D eigenvalue weighted by Crippen LogP contribution is -2.47. The van der Waals surface area contributed by atoms with Gasteiger partial charge in [0.15, 0.2) is 5.17 Å². The van der Waals surface area contributed by atoms with Crippen LogP contribution in [0, 0.1) is 23.1 Å². The average molecular weight is 657 g/mol. The number of carbonyl (C=O) groups excluding carboxylic acids is 1. The van der Waals surface area contributed by atoms with E-state index in [4.69, 9.17) is 19.7 Å². The minimum atomic E-state index is -1.44. The van der Waals surface area contributed by atoms with Crippen molar-refractivity contribution >= 4 is 49.0 Å².